The summed E-state index contributed by atoms with van der Waals surface area (Å²) < 4.78 is 4.77. The van der Waals surface area contributed by atoms with Crippen LogP contribution < -0.4 is 5.32 Å². The van der Waals surface area contributed by atoms with Crippen molar-refractivity contribution in [1.82, 2.24) is 10.2 Å². The van der Waals surface area contributed by atoms with Gasteiger partial charge in [-0.25, -0.2) is 9.59 Å². The first-order chi connectivity index (χ1) is 8.99. The molecule has 19 heavy (non-hydrogen) atoms. The van der Waals surface area contributed by atoms with Gasteiger partial charge in [0, 0.05) is 13.1 Å². The van der Waals surface area contributed by atoms with E-state index in [0.717, 1.165) is 32.4 Å². The van der Waals surface area contributed by atoms with Crippen LogP contribution >= 0.6 is 0 Å². The van der Waals surface area contributed by atoms with Gasteiger partial charge in [-0.05, 0) is 24.7 Å². The number of rotatable bonds is 4. The second-order valence-electron chi connectivity index (χ2n) is 5.51. The molecule has 1 aliphatic heterocycles. The number of hydrogen-bond donors (Lipinski definition) is 1. The first kappa shape index (κ1) is 15.8. The summed E-state index contributed by atoms with van der Waals surface area (Å²) in [5.74, 6) is 0.378. The minimum absolute atomic E-state index is 0.0696. The molecule has 2 amide bonds. The summed E-state index contributed by atoms with van der Waals surface area (Å²) in [5.41, 5.74) is 0. The molecule has 1 N–H and O–H groups in total. The first-order valence-corrected chi connectivity index (χ1v) is 7.12. The molecule has 0 radical (unpaired) electrons. The van der Waals surface area contributed by atoms with Gasteiger partial charge in [-0.2, -0.15) is 0 Å². The second kappa shape index (κ2) is 7.36. The molecule has 0 bridgehead atoms. The fourth-order valence-electron chi connectivity index (χ4n) is 2.23. The lowest BCUT2D eigenvalue weighted by Gasteiger charge is -2.32. The van der Waals surface area contributed by atoms with E-state index in [4.69, 9.17) is 4.74 Å². The highest BCUT2D eigenvalue weighted by atomic mass is 16.5. The van der Waals surface area contributed by atoms with Crippen molar-refractivity contribution in [2.45, 2.75) is 46.1 Å². The average molecular weight is 270 g/mol. The van der Waals surface area contributed by atoms with Crippen LogP contribution in [0.2, 0.25) is 0 Å². The number of ether oxygens (including phenoxy) is 1. The van der Waals surface area contributed by atoms with E-state index in [-0.39, 0.29) is 17.9 Å². The summed E-state index contributed by atoms with van der Waals surface area (Å²) >= 11 is 0. The van der Waals surface area contributed by atoms with E-state index in [2.05, 4.69) is 12.2 Å². The Hall–Kier alpha value is -1.26. The Morgan fingerprint density at radius 2 is 1.95 bits per heavy atom. The topological polar surface area (TPSA) is 58.6 Å². The zero-order chi connectivity index (χ0) is 14.4. The van der Waals surface area contributed by atoms with E-state index < -0.39 is 6.04 Å². The van der Waals surface area contributed by atoms with Crippen LogP contribution in [0.4, 0.5) is 4.79 Å². The van der Waals surface area contributed by atoms with Gasteiger partial charge in [0.2, 0.25) is 0 Å². The molecule has 0 saturated carbocycles. The Bertz CT molecular complexity index is 312. The Balaban J connectivity index is 2.58. The number of nitrogens with one attached hydrogen (secondary N) is 1. The third kappa shape index (κ3) is 4.40. The molecule has 5 nitrogen and oxygen atoms in total. The maximum absolute atomic E-state index is 12.2. The van der Waals surface area contributed by atoms with Crippen molar-refractivity contribution >= 4 is 12.0 Å². The minimum Gasteiger partial charge on any atom is -0.467 e. The predicted octanol–water partition coefficient (Wildman–Crippen LogP) is 2.02. The molecule has 1 saturated heterocycles. The van der Waals surface area contributed by atoms with Gasteiger partial charge in [-0.1, -0.05) is 27.2 Å². The molecule has 1 aliphatic rings. The molecule has 1 heterocycles. The molecule has 0 unspecified atom stereocenters. The first-order valence-electron chi connectivity index (χ1n) is 7.12. The molecular formula is C14H26N2O3. The summed E-state index contributed by atoms with van der Waals surface area (Å²) in [6, 6.07) is -0.704. The lowest BCUT2D eigenvalue weighted by Crippen LogP contribution is -2.52. The summed E-state index contributed by atoms with van der Waals surface area (Å²) in [5, 5.41) is 2.82. The molecule has 1 fully saturated rings. The number of hydrogen-bond acceptors (Lipinski definition) is 3. The van der Waals surface area contributed by atoms with Gasteiger partial charge in [0.05, 0.1) is 7.11 Å². The van der Waals surface area contributed by atoms with Gasteiger partial charge < -0.3 is 15.0 Å². The van der Waals surface area contributed by atoms with E-state index >= 15 is 0 Å². The molecule has 0 aliphatic carbocycles. The molecule has 0 spiro atoms. The van der Waals surface area contributed by atoms with Crippen LogP contribution in [0.1, 0.15) is 40.0 Å². The van der Waals surface area contributed by atoms with Crippen molar-refractivity contribution in [2.24, 2.45) is 11.8 Å². The van der Waals surface area contributed by atoms with Crippen LogP contribution in [0, 0.1) is 11.8 Å². The molecule has 1 rings (SSSR count). The monoisotopic (exact) mass is 270 g/mol. The van der Waals surface area contributed by atoms with E-state index in [1.807, 2.05) is 13.8 Å². The van der Waals surface area contributed by atoms with Gasteiger partial charge in [0.15, 0.2) is 0 Å². The van der Waals surface area contributed by atoms with Crippen LogP contribution in [0.3, 0.4) is 0 Å². The standard InChI is InChI=1S/C14H26N2O3/c1-5-11(3)12(13(17)19-4)15-14(18)16-8-6-10(2)7-9-16/h10-12H,5-9H2,1-4H3,(H,15,18)/t11-,12-/m0/s1. The van der Waals surface area contributed by atoms with E-state index in [9.17, 15) is 9.59 Å². The maximum Gasteiger partial charge on any atom is 0.328 e. The van der Waals surface area contributed by atoms with Gasteiger partial charge in [0.25, 0.3) is 0 Å². The van der Waals surface area contributed by atoms with E-state index in [1.54, 1.807) is 4.90 Å². The summed E-state index contributed by atoms with van der Waals surface area (Å²) in [6.07, 6.45) is 2.87. The maximum atomic E-state index is 12.2. The van der Waals surface area contributed by atoms with E-state index in [1.165, 1.54) is 7.11 Å². The fourth-order valence-corrected chi connectivity index (χ4v) is 2.23. The van der Waals surface area contributed by atoms with Crippen molar-refractivity contribution in [3.63, 3.8) is 0 Å². The predicted molar refractivity (Wildman–Crippen MR) is 73.8 cm³/mol. The number of carbonyl (C=O) groups is 2. The SMILES string of the molecule is CC[C@H](C)[C@H](NC(=O)N1CCC(C)CC1)C(=O)OC. The van der Waals surface area contributed by atoms with E-state index in [0.29, 0.717) is 5.92 Å². The number of esters is 1. The number of urea groups is 1. The largest absolute Gasteiger partial charge is 0.467 e. The molecule has 0 aromatic heterocycles. The second-order valence-corrected chi connectivity index (χ2v) is 5.51. The van der Waals surface area contributed by atoms with Crippen LogP contribution in [-0.4, -0.2) is 43.1 Å². The molecule has 0 aromatic rings. The zero-order valence-electron chi connectivity index (χ0n) is 12.4. The molecule has 5 heteroatoms. The third-order valence-electron chi connectivity index (χ3n) is 4.02. The quantitative estimate of drug-likeness (QED) is 0.795. The highest BCUT2D eigenvalue weighted by Gasteiger charge is 2.29. The minimum atomic E-state index is -0.554. The molecule has 2 atom stereocenters. The number of nitrogens with zero attached hydrogens (tertiary/aromatic N) is 1. The van der Waals surface area contributed by atoms with Crippen LogP contribution in [0.15, 0.2) is 0 Å². The number of amides is 2. The summed E-state index contributed by atoms with van der Waals surface area (Å²) in [6.45, 7) is 7.67. The number of carbonyl (C=O) groups excluding carboxylic acids is 2. The zero-order valence-corrected chi connectivity index (χ0v) is 12.4. The Morgan fingerprint density at radius 1 is 1.37 bits per heavy atom. The van der Waals surface area contributed by atoms with Gasteiger partial charge >= 0.3 is 12.0 Å². The van der Waals surface area contributed by atoms with Crippen molar-refractivity contribution in [3.8, 4) is 0 Å². The lowest BCUT2D eigenvalue weighted by atomic mass is 9.98. The van der Waals surface area contributed by atoms with Gasteiger partial charge in [0.1, 0.15) is 6.04 Å². The summed E-state index contributed by atoms with van der Waals surface area (Å²) in [4.78, 5) is 25.7. The van der Waals surface area contributed by atoms with Gasteiger partial charge in [-0.15, -0.1) is 0 Å². The fraction of sp³-hybridized carbons (Fsp3) is 0.857. The molecule has 110 valence electrons. The van der Waals surface area contributed by atoms with Crippen LogP contribution in [-0.2, 0) is 9.53 Å². The number of likely N-dealkylation sites (tertiary alicyclic amines) is 1. The van der Waals surface area contributed by atoms with Crippen molar-refractivity contribution in [2.75, 3.05) is 20.2 Å². The van der Waals surface area contributed by atoms with Crippen molar-refractivity contribution in [1.29, 1.82) is 0 Å². The molecule has 0 aromatic carbocycles. The van der Waals surface area contributed by atoms with Crippen molar-refractivity contribution in [3.05, 3.63) is 0 Å². The highest BCUT2D eigenvalue weighted by Crippen LogP contribution is 2.17. The number of piperidine rings is 1. The smallest absolute Gasteiger partial charge is 0.328 e. The Labute approximate surface area is 115 Å². The Morgan fingerprint density at radius 3 is 2.42 bits per heavy atom. The average Bonchev–Trinajstić information content (AvgIpc) is 2.43. The molecular weight excluding hydrogens is 244 g/mol. The van der Waals surface area contributed by atoms with Crippen LogP contribution in [0.25, 0.3) is 0 Å². The van der Waals surface area contributed by atoms with Crippen molar-refractivity contribution < 1.29 is 14.3 Å². The number of methoxy groups -OCH3 is 1. The highest BCUT2D eigenvalue weighted by molar-refractivity contribution is 5.83. The Kier molecular flexibility index (Phi) is 6.12. The van der Waals surface area contributed by atoms with Crippen LogP contribution in [0.5, 0.6) is 0 Å². The third-order valence-corrected chi connectivity index (χ3v) is 4.02. The lowest BCUT2D eigenvalue weighted by molar-refractivity contribution is -0.144. The summed E-state index contributed by atoms with van der Waals surface area (Å²) in [7, 11) is 1.35. The normalized spacial score (nSPS) is 19.7. The van der Waals surface area contributed by atoms with Gasteiger partial charge in [-0.3, -0.25) is 0 Å².